The van der Waals surface area contributed by atoms with Crippen molar-refractivity contribution in [2.24, 2.45) is 11.7 Å². The first-order chi connectivity index (χ1) is 10.0. The van der Waals surface area contributed by atoms with Crippen molar-refractivity contribution in [2.75, 3.05) is 19.7 Å². The smallest absolute Gasteiger partial charge is 0.239 e. The van der Waals surface area contributed by atoms with E-state index in [1.54, 1.807) is 0 Å². The van der Waals surface area contributed by atoms with Crippen LogP contribution in [0.4, 0.5) is 0 Å². The van der Waals surface area contributed by atoms with E-state index in [2.05, 4.69) is 0 Å². The van der Waals surface area contributed by atoms with Gasteiger partial charge >= 0.3 is 0 Å². The summed E-state index contributed by atoms with van der Waals surface area (Å²) in [5.74, 6) is 0.209. The number of halogens is 1. The quantitative estimate of drug-likeness (QED) is 0.930. The van der Waals surface area contributed by atoms with E-state index in [0.29, 0.717) is 24.7 Å². The second-order valence-electron chi connectivity index (χ2n) is 5.61. The molecular formula is C16H23ClN2O2. The fourth-order valence-electron chi connectivity index (χ4n) is 2.44. The van der Waals surface area contributed by atoms with Gasteiger partial charge in [-0.1, -0.05) is 44.0 Å². The molecule has 0 aliphatic carbocycles. The van der Waals surface area contributed by atoms with Crippen LogP contribution in [0.2, 0.25) is 5.02 Å². The Morgan fingerprint density at radius 2 is 2.14 bits per heavy atom. The van der Waals surface area contributed by atoms with Crippen molar-refractivity contribution in [1.82, 2.24) is 4.90 Å². The van der Waals surface area contributed by atoms with Crippen molar-refractivity contribution in [2.45, 2.75) is 32.4 Å². The molecule has 1 amide bonds. The van der Waals surface area contributed by atoms with E-state index < -0.39 is 6.04 Å². The number of carbonyl (C=O) groups excluding carboxylic acids is 1. The van der Waals surface area contributed by atoms with Gasteiger partial charge in [-0.05, 0) is 23.6 Å². The molecule has 5 heteroatoms. The topological polar surface area (TPSA) is 55.6 Å². The first-order valence-corrected chi connectivity index (χ1v) is 7.82. The zero-order chi connectivity index (χ0) is 15.4. The average Bonchev–Trinajstić information content (AvgIpc) is 2.53. The van der Waals surface area contributed by atoms with Crippen LogP contribution in [-0.4, -0.2) is 36.5 Å². The molecule has 2 rings (SSSR count). The van der Waals surface area contributed by atoms with Crippen LogP contribution in [0.25, 0.3) is 0 Å². The van der Waals surface area contributed by atoms with Gasteiger partial charge in [0, 0.05) is 11.6 Å². The molecule has 21 heavy (non-hydrogen) atoms. The van der Waals surface area contributed by atoms with Crippen LogP contribution in [-0.2, 0) is 9.53 Å². The molecule has 1 unspecified atom stereocenters. The first-order valence-electron chi connectivity index (χ1n) is 7.44. The van der Waals surface area contributed by atoms with Gasteiger partial charge in [-0.15, -0.1) is 0 Å². The van der Waals surface area contributed by atoms with Crippen molar-refractivity contribution in [3.05, 3.63) is 34.9 Å². The van der Waals surface area contributed by atoms with E-state index in [9.17, 15) is 4.79 Å². The molecule has 2 N–H and O–H groups in total. The number of benzene rings is 1. The van der Waals surface area contributed by atoms with Gasteiger partial charge in [0.15, 0.2) is 0 Å². The maximum atomic E-state index is 12.5. The third-order valence-corrected chi connectivity index (χ3v) is 4.41. The number of nitrogens with zero attached hydrogens (tertiary/aromatic N) is 1. The van der Waals surface area contributed by atoms with Crippen molar-refractivity contribution in [3.8, 4) is 0 Å². The van der Waals surface area contributed by atoms with E-state index in [1.165, 1.54) is 0 Å². The van der Waals surface area contributed by atoms with Gasteiger partial charge in [-0.2, -0.15) is 0 Å². The fourth-order valence-corrected chi connectivity index (χ4v) is 2.56. The summed E-state index contributed by atoms with van der Waals surface area (Å²) in [6.07, 6.45) is 0.793. The Labute approximate surface area is 131 Å². The summed E-state index contributed by atoms with van der Waals surface area (Å²) in [5, 5.41) is 0.696. The molecule has 0 bridgehead atoms. The Bertz CT molecular complexity index is 478. The minimum absolute atomic E-state index is 0.0200. The van der Waals surface area contributed by atoms with Crippen LogP contribution in [0.15, 0.2) is 24.3 Å². The van der Waals surface area contributed by atoms with E-state index in [-0.39, 0.29) is 17.9 Å². The molecule has 0 spiro atoms. The predicted octanol–water partition coefficient (Wildman–Crippen LogP) is 2.61. The Balaban J connectivity index is 2.03. The predicted molar refractivity (Wildman–Crippen MR) is 84.2 cm³/mol. The molecule has 0 aromatic heterocycles. The van der Waals surface area contributed by atoms with Gasteiger partial charge in [0.2, 0.25) is 5.91 Å². The van der Waals surface area contributed by atoms with Gasteiger partial charge in [0.25, 0.3) is 0 Å². The molecule has 1 heterocycles. The molecule has 1 aromatic carbocycles. The number of amides is 1. The number of nitrogens with two attached hydrogens (primary N) is 1. The third-order valence-electron chi connectivity index (χ3n) is 4.16. The monoisotopic (exact) mass is 310 g/mol. The Morgan fingerprint density at radius 3 is 2.76 bits per heavy atom. The van der Waals surface area contributed by atoms with Gasteiger partial charge in [-0.25, -0.2) is 0 Å². The number of hydrogen-bond donors (Lipinski definition) is 1. The first kappa shape index (κ1) is 16.3. The molecule has 4 nitrogen and oxygen atoms in total. The molecule has 0 radical (unpaired) electrons. The van der Waals surface area contributed by atoms with Crippen molar-refractivity contribution in [3.63, 3.8) is 0 Å². The number of carbonyl (C=O) groups is 1. The number of hydrogen-bond acceptors (Lipinski definition) is 3. The molecule has 1 aliphatic rings. The van der Waals surface area contributed by atoms with Crippen LogP contribution in [0.1, 0.15) is 31.9 Å². The number of ether oxygens (including phenoxy) is 1. The van der Waals surface area contributed by atoms with Crippen molar-refractivity contribution >= 4 is 17.5 Å². The lowest BCUT2D eigenvalue weighted by molar-refractivity contribution is -0.141. The van der Waals surface area contributed by atoms with Crippen molar-refractivity contribution in [1.29, 1.82) is 0 Å². The zero-order valence-corrected chi connectivity index (χ0v) is 13.3. The van der Waals surface area contributed by atoms with Crippen LogP contribution in [0, 0.1) is 5.92 Å². The Hall–Kier alpha value is -1.10. The Kier molecular flexibility index (Phi) is 5.62. The highest BCUT2D eigenvalue weighted by Crippen LogP contribution is 2.24. The molecule has 0 saturated carbocycles. The fraction of sp³-hybridized carbons (Fsp3) is 0.562. The zero-order valence-electron chi connectivity index (χ0n) is 12.6. The van der Waals surface area contributed by atoms with E-state index in [1.807, 2.05) is 43.0 Å². The summed E-state index contributed by atoms with van der Waals surface area (Å²) in [7, 11) is 0. The van der Waals surface area contributed by atoms with Crippen LogP contribution in [0.3, 0.4) is 0 Å². The number of rotatable bonds is 4. The van der Waals surface area contributed by atoms with Gasteiger partial charge in [0.05, 0.1) is 19.2 Å². The lowest BCUT2D eigenvalue weighted by Crippen LogP contribution is -2.51. The SMILES string of the molecule is CC[C@H](C)[C@H](N)C(=O)N1CCOC(c2ccc(Cl)cc2)C1. The number of morpholine rings is 1. The molecule has 116 valence electrons. The molecule has 1 aromatic rings. The normalized spacial score (nSPS) is 21.9. The standard InChI is InChI=1S/C16H23ClN2O2/c1-3-11(2)15(18)16(20)19-8-9-21-14(10-19)12-4-6-13(17)7-5-12/h4-7,11,14-15H,3,8-10,18H2,1-2H3/t11-,14?,15-/m0/s1. The Morgan fingerprint density at radius 1 is 1.48 bits per heavy atom. The minimum atomic E-state index is -0.432. The summed E-state index contributed by atoms with van der Waals surface area (Å²) < 4.78 is 5.77. The molecule has 1 fully saturated rings. The molecule has 1 saturated heterocycles. The average molecular weight is 311 g/mol. The highest BCUT2D eigenvalue weighted by atomic mass is 35.5. The van der Waals surface area contributed by atoms with Crippen LogP contribution < -0.4 is 5.73 Å². The van der Waals surface area contributed by atoms with Crippen molar-refractivity contribution < 1.29 is 9.53 Å². The third kappa shape index (κ3) is 3.96. The van der Waals surface area contributed by atoms with E-state index >= 15 is 0 Å². The summed E-state index contributed by atoms with van der Waals surface area (Å²) in [4.78, 5) is 14.3. The van der Waals surface area contributed by atoms with Gasteiger partial charge in [-0.3, -0.25) is 4.79 Å². The maximum Gasteiger partial charge on any atom is 0.239 e. The highest BCUT2D eigenvalue weighted by molar-refractivity contribution is 6.30. The second kappa shape index (κ2) is 7.25. The second-order valence-corrected chi connectivity index (χ2v) is 6.04. The largest absolute Gasteiger partial charge is 0.370 e. The summed E-state index contributed by atoms with van der Waals surface area (Å²) in [5.41, 5.74) is 7.09. The van der Waals surface area contributed by atoms with Crippen LogP contribution in [0.5, 0.6) is 0 Å². The summed E-state index contributed by atoms with van der Waals surface area (Å²) >= 11 is 5.90. The van der Waals surface area contributed by atoms with E-state index in [0.717, 1.165) is 12.0 Å². The lowest BCUT2D eigenvalue weighted by Gasteiger charge is -2.35. The minimum Gasteiger partial charge on any atom is -0.370 e. The summed E-state index contributed by atoms with van der Waals surface area (Å²) in [6.45, 7) is 5.75. The maximum absolute atomic E-state index is 12.5. The van der Waals surface area contributed by atoms with Gasteiger partial charge < -0.3 is 15.4 Å². The molecule has 3 atom stereocenters. The van der Waals surface area contributed by atoms with E-state index in [4.69, 9.17) is 22.1 Å². The van der Waals surface area contributed by atoms with Gasteiger partial charge in [0.1, 0.15) is 6.10 Å². The van der Waals surface area contributed by atoms with Crippen LogP contribution >= 0.6 is 11.6 Å². The molecular weight excluding hydrogens is 288 g/mol. The highest BCUT2D eigenvalue weighted by Gasteiger charge is 2.30. The molecule has 1 aliphatic heterocycles. The summed E-state index contributed by atoms with van der Waals surface area (Å²) in [6, 6.07) is 7.13. The lowest BCUT2D eigenvalue weighted by atomic mass is 9.98.